The van der Waals surface area contributed by atoms with E-state index in [0.29, 0.717) is 18.7 Å². The van der Waals surface area contributed by atoms with E-state index in [1.165, 1.54) is 6.07 Å². The fraction of sp³-hybridized carbons (Fsp3) is 0.571. The Morgan fingerprint density at radius 3 is 2.50 bits per heavy atom. The van der Waals surface area contributed by atoms with Crippen LogP contribution in [-0.2, 0) is 0 Å². The van der Waals surface area contributed by atoms with Crippen molar-refractivity contribution in [3.63, 3.8) is 0 Å². The van der Waals surface area contributed by atoms with E-state index in [1.807, 2.05) is 4.90 Å². The summed E-state index contributed by atoms with van der Waals surface area (Å²) in [5.74, 6) is -0.120. The van der Waals surface area contributed by atoms with Gasteiger partial charge in [-0.1, -0.05) is 23.7 Å². The molecule has 0 saturated carbocycles. The van der Waals surface area contributed by atoms with Crippen LogP contribution in [0.2, 0.25) is 5.02 Å². The normalized spacial score (nSPS) is 17.8. The molecule has 2 N–H and O–H groups in total. The predicted molar refractivity (Wildman–Crippen MR) is 82.8 cm³/mol. The van der Waals surface area contributed by atoms with Crippen LogP contribution < -0.4 is 5.32 Å². The lowest BCUT2D eigenvalue weighted by atomic mass is 9.98. The number of nitrogens with zero attached hydrogens (tertiary/aromatic N) is 1. The lowest BCUT2D eigenvalue weighted by Crippen LogP contribution is -2.45. The highest BCUT2D eigenvalue weighted by atomic mass is 35.5. The molecule has 1 saturated heterocycles. The summed E-state index contributed by atoms with van der Waals surface area (Å²) in [5.41, 5.74) is 0.466. The Bertz CT molecular complexity index is 480. The summed E-state index contributed by atoms with van der Waals surface area (Å²) >= 11 is 5.88. The minimum atomic E-state index is -4.21. The first-order valence-corrected chi connectivity index (χ1v) is 7.25. The SMILES string of the molecule is Cl.Oc1c(Cl)cccc1[C@H](CCC(F)(F)F)N1CCNCC1. The van der Waals surface area contributed by atoms with Crippen LogP contribution in [0, 0.1) is 0 Å². The summed E-state index contributed by atoms with van der Waals surface area (Å²) in [4.78, 5) is 1.97. The van der Waals surface area contributed by atoms with Crippen LogP contribution in [-0.4, -0.2) is 42.4 Å². The van der Waals surface area contributed by atoms with E-state index in [1.54, 1.807) is 12.1 Å². The third-order valence-corrected chi connectivity index (χ3v) is 3.98. The van der Waals surface area contributed by atoms with Gasteiger partial charge in [-0.3, -0.25) is 4.90 Å². The largest absolute Gasteiger partial charge is 0.506 e. The monoisotopic (exact) mass is 358 g/mol. The van der Waals surface area contributed by atoms with Gasteiger partial charge < -0.3 is 10.4 Å². The average Bonchev–Trinajstić information content (AvgIpc) is 2.43. The number of rotatable bonds is 4. The summed E-state index contributed by atoms with van der Waals surface area (Å²) in [5, 5.41) is 13.4. The molecule has 0 bridgehead atoms. The molecule has 1 atom stereocenters. The summed E-state index contributed by atoms with van der Waals surface area (Å²) in [6.45, 7) is 2.75. The quantitative estimate of drug-likeness (QED) is 0.860. The molecule has 2 rings (SSSR count). The first-order valence-electron chi connectivity index (χ1n) is 6.87. The van der Waals surface area contributed by atoms with Crippen LogP contribution in [0.15, 0.2) is 18.2 Å². The lowest BCUT2D eigenvalue weighted by molar-refractivity contribution is -0.138. The molecule has 0 amide bonds. The van der Waals surface area contributed by atoms with Crippen molar-refractivity contribution in [1.82, 2.24) is 10.2 Å². The third-order valence-electron chi connectivity index (χ3n) is 3.67. The zero-order valence-corrected chi connectivity index (χ0v) is 13.4. The van der Waals surface area contributed by atoms with Gasteiger partial charge in [0.05, 0.1) is 5.02 Å². The number of para-hydroxylation sites is 1. The smallest absolute Gasteiger partial charge is 0.389 e. The minimum absolute atomic E-state index is 0. The zero-order chi connectivity index (χ0) is 15.5. The fourth-order valence-electron chi connectivity index (χ4n) is 2.63. The molecule has 0 radical (unpaired) electrons. The van der Waals surface area contributed by atoms with Crippen LogP contribution in [0.5, 0.6) is 5.75 Å². The van der Waals surface area contributed by atoms with Crippen molar-refractivity contribution in [1.29, 1.82) is 0 Å². The molecule has 1 heterocycles. The molecule has 0 spiro atoms. The Morgan fingerprint density at radius 1 is 1.27 bits per heavy atom. The molecule has 1 aromatic carbocycles. The van der Waals surface area contributed by atoms with Crippen molar-refractivity contribution in [2.75, 3.05) is 26.2 Å². The van der Waals surface area contributed by atoms with Gasteiger partial charge in [0.1, 0.15) is 5.75 Å². The molecule has 0 aromatic heterocycles. The van der Waals surface area contributed by atoms with Crippen molar-refractivity contribution in [2.24, 2.45) is 0 Å². The van der Waals surface area contributed by atoms with Crippen LogP contribution in [0.3, 0.4) is 0 Å². The molecule has 1 fully saturated rings. The summed E-state index contributed by atoms with van der Waals surface area (Å²) in [6.07, 6.45) is -5.18. The maximum absolute atomic E-state index is 12.6. The number of hydrogen-bond acceptors (Lipinski definition) is 3. The van der Waals surface area contributed by atoms with Crippen LogP contribution >= 0.6 is 24.0 Å². The molecule has 1 aliphatic rings. The van der Waals surface area contributed by atoms with E-state index >= 15 is 0 Å². The summed E-state index contributed by atoms with van der Waals surface area (Å²) in [6, 6.07) is 4.34. The van der Waals surface area contributed by atoms with Gasteiger partial charge in [-0.15, -0.1) is 12.4 Å². The molecule has 0 aliphatic carbocycles. The second kappa shape index (κ2) is 8.24. The van der Waals surface area contributed by atoms with E-state index in [9.17, 15) is 18.3 Å². The highest BCUT2D eigenvalue weighted by Crippen LogP contribution is 2.38. The lowest BCUT2D eigenvalue weighted by Gasteiger charge is -2.35. The van der Waals surface area contributed by atoms with Crippen molar-refractivity contribution >= 4 is 24.0 Å². The van der Waals surface area contributed by atoms with Crippen LogP contribution in [0.4, 0.5) is 13.2 Å². The highest BCUT2D eigenvalue weighted by molar-refractivity contribution is 6.32. The van der Waals surface area contributed by atoms with Gasteiger partial charge in [0.15, 0.2) is 0 Å². The number of alkyl halides is 3. The predicted octanol–water partition coefficient (Wildman–Crippen LogP) is 3.76. The number of hydrogen-bond donors (Lipinski definition) is 2. The van der Waals surface area contributed by atoms with Crippen molar-refractivity contribution in [2.45, 2.75) is 25.1 Å². The number of benzene rings is 1. The van der Waals surface area contributed by atoms with Crippen molar-refractivity contribution < 1.29 is 18.3 Å². The first-order chi connectivity index (χ1) is 9.88. The Morgan fingerprint density at radius 2 is 1.91 bits per heavy atom. The summed E-state index contributed by atoms with van der Waals surface area (Å²) in [7, 11) is 0. The molecular formula is C14H19Cl2F3N2O. The van der Waals surface area contributed by atoms with Crippen molar-refractivity contribution in [3.05, 3.63) is 28.8 Å². The minimum Gasteiger partial charge on any atom is -0.506 e. The fourth-order valence-corrected chi connectivity index (χ4v) is 2.81. The number of phenolic OH excluding ortho intramolecular Hbond substituents is 1. The van der Waals surface area contributed by atoms with E-state index < -0.39 is 18.6 Å². The standard InChI is InChI=1S/C14H18ClF3N2O.ClH/c15-11-3-1-2-10(13(11)21)12(4-5-14(16,17)18)20-8-6-19-7-9-20;/h1-3,12,19,21H,4-9H2;1H/t12-;/m0./s1. The van der Waals surface area contributed by atoms with E-state index in [-0.39, 0.29) is 29.6 Å². The van der Waals surface area contributed by atoms with Crippen LogP contribution in [0.1, 0.15) is 24.4 Å². The average molecular weight is 359 g/mol. The van der Waals surface area contributed by atoms with Gasteiger partial charge in [0.2, 0.25) is 0 Å². The van der Waals surface area contributed by atoms with Gasteiger partial charge >= 0.3 is 6.18 Å². The van der Waals surface area contributed by atoms with Crippen molar-refractivity contribution in [3.8, 4) is 5.75 Å². The molecule has 1 aliphatic heterocycles. The zero-order valence-electron chi connectivity index (χ0n) is 11.9. The van der Waals surface area contributed by atoms with Crippen LogP contribution in [0.25, 0.3) is 0 Å². The molecule has 8 heteroatoms. The van der Waals surface area contributed by atoms with Gasteiger partial charge in [0.25, 0.3) is 0 Å². The molecule has 0 unspecified atom stereocenters. The van der Waals surface area contributed by atoms with E-state index in [4.69, 9.17) is 11.6 Å². The Labute approximate surface area is 138 Å². The van der Waals surface area contributed by atoms with E-state index in [0.717, 1.165) is 13.1 Å². The molecule has 1 aromatic rings. The molecule has 22 heavy (non-hydrogen) atoms. The number of piperazine rings is 1. The number of phenols is 1. The molecule has 3 nitrogen and oxygen atoms in total. The highest BCUT2D eigenvalue weighted by Gasteiger charge is 2.32. The molecule has 126 valence electrons. The number of nitrogens with one attached hydrogen (secondary N) is 1. The number of aromatic hydroxyl groups is 1. The Balaban J connectivity index is 0.00000242. The number of halogens is 5. The maximum Gasteiger partial charge on any atom is 0.389 e. The first kappa shape index (κ1) is 19.4. The van der Waals surface area contributed by atoms with Gasteiger partial charge in [0, 0.05) is 44.2 Å². The Hall–Kier alpha value is -0.690. The molecular weight excluding hydrogens is 340 g/mol. The second-order valence-electron chi connectivity index (χ2n) is 5.13. The Kier molecular flexibility index (Phi) is 7.25. The van der Waals surface area contributed by atoms with Gasteiger partial charge in [-0.05, 0) is 12.5 Å². The van der Waals surface area contributed by atoms with Gasteiger partial charge in [-0.2, -0.15) is 13.2 Å². The summed E-state index contributed by atoms with van der Waals surface area (Å²) < 4.78 is 37.7. The van der Waals surface area contributed by atoms with Gasteiger partial charge in [-0.25, -0.2) is 0 Å². The van der Waals surface area contributed by atoms with E-state index in [2.05, 4.69) is 5.32 Å². The maximum atomic E-state index is 12.6. The second-order valence-corrected chi connectivity index (χ2v) is 5.54. The topological polar surface area (TPSA) is 35.5 Å². The third kappa shape index (κ3) is 5.19.